The van der Waals surface area contributed by atoms with Crippen LogP contribution < -0.4 is 0 Å². The highest BCUT2D eigenvalue weighted by Gasteiger charge is 1.97. The summed E-state index contributed by atoms with van der Waals surface area (Å²) in [4.78, 5) is 10.4. The first-order valence-corrected chi connectivity index (χ1v) is 3.04. The summed E-state index contributed by atoms with van der Waals surface area (Å²) in [5, 5.41) is 0.00000000000000178. The summed E-state index contributed by atoms with van der Waals surface area (Å²) in [7, 11) is 0. The second kappa shape index (κ2) is 6.03. The largest absolute Gasteiger partial charge is 0.227 e. The topological polar surface area (TPSA) is 38.7 Å². The molecule has 0 atom stereocenters. The Morgan fingerprint density at radius 1 is 0.636 bits per heavy atom. The minimum Gasteiger partial charge on any atom is -0.187 e. The van der Waals surface area contributed by atoms with Crippen molar-refractivity contribution in [3.63, 3.8) is 0 Å². The number of hydrogen-bond acceptors (Lipinski definition) is 3. The molecule has 0 aliphatic heterocycles. The maximum absolute atomic E-state index is 5.32. The van der Waals surface area contributed by atoms with Crippen LogP contribution in [0.25, 0.3) is 0 Å². The van der Waals surface area contributed by atoms with E-state index < -0.39 is 0 Å². The van der Waals surface area contributed by atoms with Crippen molar-refractivity contribution in [2.24, 2.45) is 0 Å². The van der Waals surface area contributed by atoms with Gasteiger partial charge >= 0.3 is 0 Å². The van der Waals surface area contributed by atoms with Crippen LogP contribution in [0.5, 0.6) is 0 Å². The SMILES string of the molecule is Cl.Cl.Clc1nc(Cl)nc(Cl)n1. The summed E-state index contributed by atoms with van der Waals surface area (Å²) < 4.78 is 0. The molecule has 0 amide bonds. The van der Waals surface area contributed by atoms with E-state index in [9.17, 15) is 0 Å². The van der Waals surface area contributed by atoms with Crippen LogP contribution in [0.4, 0.5) is 0 Å². The van der Waals surface area contributed by atoms with Gasteiger partial charge in [0.1, 0.15) is 0 Å². The molecule has 0 fully saturated rings. The van der Waals surface area contributed by atoms with E-state index in [-0.39, 0.29) is 40.7 Å². The molecule has 0 saturated carbocycles. The summed E-state index contributed by atoms with van der Waals surface area (Å²) in [6.45, 7) is 0. The lowest BCUT2D eigenvalue weighted by molar-refractivity contribution is 1.05. The molecule has 0 saturated heterocycles. The van der Waals surface area contributed by atoms with Crippen LogP contribution in [-0.4, -0.2) is 15.0 Å². The highest BCUT2D eigenvalue weighted by atomic mass is 35.5. The van der Waals surface area contributed by atoms with Crippen molar-refractivity contribution < 1.29 is 0 Å². The lowest BCUT2D eigenvalue weighted by atomic mass is 11.1. The van der Waals surface area contributed by atoms with Gasteiger partial charge < -0.3 is 0 Å². The molecule has 0 aliphatic rings. The van der Waals surface area contributed by atoms with Crippen molar-refractivity contribution in [1.29, 1.82) is 0 Å². The van der Waals surface area contributed by atoms with Gasteiger partial charge in [-0.15, -0.1) is 24.8 Å². The molecule has 1 aromatic rings. The molecule has 8 heteroatoms. The molecule has 0 aromatic carbocycles. The van der Waals surface area contributed by atoms with E-state index in [0.717, 1.165) is 0 Å². The zero-order valence-corrected chi connectivity index (χ0v) is 8.69. The second-order valence-corrected chi connectivity index (χ2v) is 2.16. The number of rotatable bonds is 0. The fraction of sp³-hybridized carbons (Fsp3) is 0. The summed E-state index contributed by atoms with van der Waals surface area (Å²) in [5.74, 6) is 0. The molecule has 1 heterocycles. The Kier molecular flexibility index (Phi) is 7.68. The minimum absolute atomic E-state index is 0. The van der Waals surface area contributed by atoms with Gasteiger partial charge in [0.15, 0.2) is 0 Å². The smallest absolute Gasteiger partial charge is 0.187 e. The van der Waals surface area contributed by atoms with Crippen molar-refractivity contribution in [2.75, 3.05) is 0 Å². The number of aromatic nitrogens is 3. The van der Waals surface area contributed by atoms with Crippen LogP contribution in [0.15, 0.2) is 0 Å². The third-order valence-corrected chi connectivity index (χ3v) is 1.06. The third-order valence-electron chi connectivity index (χ3n) is 0.554. The molecule has 1 aromatic heterocycles. The van der Waals surface area contributed by atoms with Crippen LogP contribution >= 0.6 is 59.6 Å². The van der Waals surface area contributed by atoms with E-state index >= 15 is 0 Å². The molecular formula is C3H2Cl5N3. The molecule has 64 valence electrons. The molecule has 11 heavy (non-hydrogen) atoms. The Labute approximate surface area is 90.3 Å². The Bertz CT molecular complexity index is 178. The summed E-state index contributed by atoms with van der Waals surface area (Å²) in [6, 6.07) is 0. The molecule has 0 bridgehead atoms. The van der Waals surface area contributed by atoms with E-state index in [1.165, 1.54) is 0 Å². The van der Waals surface area contributed by atoms with E-state index in [1.54, 1.807) is 0 Å². The number of nitrogens with zero attached hydrogens (tertiary/aromatic N) is 3. The Morgan fingerprint density at radius 3 is 1.00 bits per heavy atom. The van der Waals surface area contributed by atoms with Crippen LogP contribution in [0, 0.1) is 0 Å². The highest BCUT2D eigenvalue weighted by molar-refractivity contribution is 6.33. The van der Waals surface area contributed by atoms with E-state index in [1.807, 2.05) is 0 Å². The van der Waals surface area contributed by atoms with Crippen LogP contribution in [-0.2, 0) is 0 Å². The molecule has 0 aliphatic carbocycles. The molecule has 0 N–H and O–H groups in total. The first-order chi connectivity index (χ1) is 4.18. The van der Waals surface area contributed by atoms with Crippen molar-refractivity contribution >= 4 is 59.6 Å². The fourth-order valence-electron chi connectivity index (χ4n) is 0.303. The van der Waals surface area contributed by atoms with Gasteiger partial charge in [0.25, 0.3) is 0 Å². The van der Waals surface area contributed by atoms with Gasteiger partial charge in [0, 0.05) is 0 Å². The quantitative estimate of drug-likeness (QED) is 0.717. The van der Waals surface area contributed by atoms with Crippen molar-refractivity contribution in [3.8, 4) is 0 Å². The first-order valence-electron chi connectivity index (χ1n) is 1.91. The molecule has 0 spiro atoms. The lowest BCUT2D eigenvalue weighted by Gasteiger charge is -1.88. The second-order valence-electron chi connectivity index (χ2n) is 1.14. The number of halogens is 5. The molecule has 3 nitrogen and oxygen atoms in total. The highest BCUT2D eigenvalue weighted by Crippen LogP contribution is 2.08. The summed E-state index contributed by atoms with van der Waals surface area (Å²) in [6.07, 6.45) is 0. The monoisotopic (exact) mass is 255 g/mol. The van der Waals surface area contributed by atoms with Gasteiger partial charge in [-0.1, -0.05) is 0 Å². The van der Waals surface area contributed by atoms with E-state index in [4.69, 9.17) is 34.8 Å². The average Bonchev–Trinajstić information content (AvgIpc) is 1.59. The summed E-state index contributed by atoms with van der Waals surface area (Å²) >= 11 is 16.0. The summed E-state index contributed by atoms with van der Waals surface area (Å²) in [5.41, 5.74) is 0. The van der Waals surface area contributed by atoms with Crippen molar-refractivity contribution in [2.45, 2.75) is 0 Å². The standard InChI is InChI=1S/C3Cl3N3.2ClH/c4-1-7-2(5)9-3(6)8-1;;/h;2*1H. The molecular weight excluding hydrogens is 255 g/mol. The maximum atomic E-state index is 5.32. The zero-order chi connectivity index (χ0) is 6.85. The Balaban J connectivity index is 0. The van der Waals surface area contributed by atoms with Gasteiger partial charge in [0.2, 0.25) is 15.9 Å². The van der Waals surface area contributed by atoms with Gasteiger partial charge in [-0.2, -0.15) is 15.0 Å². The Hall–Kier alpha value is 0.460. The van der Waals surface area contributed by atoms with Gasteiger partial charge in [-0.25, -0.2) is 0 Å². The minimum atomic E-state index is 0. The molecule has 1 rings (SSSR count). The van der Waals surface area contributed by atoms with E-state index in [0.29, 0.717) is 0 Å². The average molecular weight is 257 g/mol. The number of hydrogen-bond donors (Lipinski definition) is 0. The third kappa shape index (κ3) is 4.82. The van der Waals surface area contributed by atoms with Crippen molar-refractivity contribution in [3.05, 3.63) is 15.9 Å². The predicted molar refractivity (Wildman–Crippen MR) is 49.4 cm³/mol. The molecule has 0 radical (unpaired) electrons. The van der Waals surface area contributed by atoms with Crippen molar-refractivity contribution in [1.82, 2.24) is 15.0 Å². The Morgan fingerprint density at radius 2 is 0.818 bits per heavy atom. The van der Waals surface area contributed by atoms with Crippen LogP contribution in [0.1, 0.15) is 0 Å². The van der Waals surface area contributed by atoms with Crippen LogP contribution in [0.2, 0.25) is 15.9 Å². The fourth-order valence-corrected chi connectivity index (χ4v) is 0.913. The van der Waals surface area contributed by atoms with Gasteiger partial charge in [0.05, 0.1) is 0 Å². The first kappa shape index (κ1) is 14.0. The maximum Gasteiger partial charge on any atom is 0.227 e. The predicted octanol–water partition coefficient (Wildman–Crippen LogP) is 2.68. The normalized spacial score (nSPS) is 7.91. The molecule has 0 unspecified atom stereocenters. The van der Waals surface area contributed by atoms with Gasteiger partial charge in [-0.3, -0.25) is 0 Å². The zero-order valence-electron chi connectivity index (χ0n) is 4.79. The van der Waals surface area contributed by atoms with E-state index in [2.05, 4.69) is 15.0 Å². The lowest BCUT2D eigenvalue weighted by Crippen LogP contribution is -1.87. The van der Waals surface area contributed by atoms with Crippen LogP contribution in [0.3, 0.4) is 0 Å². The van der Waals surface area contributed by atoms with Gasteiger partial charge in [-0.05, 0) is 34.8 Å².